The summed E-state index contributed by atoms with van der Waals surface area (Å²) in [5.74, 6) is 1.66. The molecule has 5 rings (SSSR count). The first kappa shape index (κ1) is 15.1. The molecule has 3 aromatic heterocycles. The number of aromatic nitrogens is 4. The average molecular weight is 348 g/mol. The molecule has 0 saturated carbocycles. The third-order valence-corrected chi connectivity index (χ3v) is 4.77. The molecule has 1 aliphatic heterocycles. The van der Waals surface area contributed by atoms with Crippen molar-refractivity contribution < 1.29 is 4.39 Å². The van der Waals surface area contributed by atoms with E-state index in [0.29, 0.717) is 25.2 Å². The van der Waals surface area contributed by atoms with E-state index in [9.17, 15) is 4.39 Å². The van der Waals surface area contributed by atoms with E-state index in [-0.39, 0.29) is 0 Å². The molecule has 7 heteroatoms. The molecule has 6 nitrogen and oxygen atoms in total. The quantitative estimate of drug-likeness (QED) is 0.589. The highest BCUT2D eigenvalue weighted by Gasteiger charge is 2.24. The molecule has 4 aromatic rings. The van der Waals surface area contributed by atoms with Crippen LogP contribution in [0.15, 0.2) is 48.8 Å². The lowest BCUT2D eigenvalue weighted by molar-refractivity contribution is 0.364. The van der Waals surface area contributed by atoms with E-state index in [1.54, 1.807) is 12.4 Å². The fourth-order valence-corrected chi connectivity index (χ4v) is 3.49. The molecule has 0 aliphatic carbocycles. The molecule has 1 atom stereocenters. The number of benzene rings is 1. The van der Waals surface area contributed by atoms with E-state index in [1.165, 1.54) is 0 Å². The van der Waals surface area contributed by atoms with E-state index in [2.05, 4.69) is 31.5 Å². The molecule has 130 valence electrons. The third-order valence-electron chi connectivity index (χ3n) is 4.77. The van der Waals surface area contributed by atoms with Gasteiger partial charge in [-0.2, -0.15) is 5.10 Å². The highest BCUT2D eigenvalue weighted by atomic mass is 19.1. The van der Waals surface area contributed by atoms with E-state index in [1.807, 2.05) is 35.2 Å². The Labute approximate surface area is 149 Å². The second-order valence-electron chi connectivity index (χ2n) is 6.50. The van der Waals surface area contributed by atoms with Crippen LogP contribution in [0.4, 0.5) is 21.7 Å². The molecule has 0 amide bonds. The molecular weight excluding hydrogens is 331 g/mol. The van der Waals surface area contributed by atoms with Crippen LogP contribution in [-0.2, 0) is 0 Å². The van der Waals surface area contributed by atoms with Gasteiger partial charge >= 0.3 is 0 Å². The van der Waals surface area contributed by atoms with Crippen molar-refractivity contribution in [2.75, 3.05) is 23.3 Å². The summed E-state index contributed by atoms with van der Waals surface area (Å²) < 4.78 is 13.6. The Hall–Kier alpha value is -3.22. The first-order valence-corrected chi connectivity index (χ1v) is 8.62. The fraction of sp³-hybridized carbons (Fsp3) is 0.211. The van der Waals surface area contributed by atoms with Gasteiger partial charge in [0.1, 0.15) is 17.8 Å². The van der Waals surface area contributed by atoms with Gasteiger partial charge in [-0.3, -0.25) is 5.10 Å². The van der Waals surface area contributed by atoms with Gasteiger partial charge in [0.25, 0.3) is 0 Å². The summed E-state index contributed by atoms with van der Waals surface area (Å²) in [4.78, 5) is 10.7. The molecule has 0 bridgehead atoms. The maximum atomic E-state index is 13.6. The summed E-state index contributed by atoms with van der Waals surface area (Å²) in [7, 11) is 0. The van der Waals surface area contributed by atoms with Gasteiger partial charge in [-0.25, -0.2) is 14.4 Å². The molecule has 0 spiro atoms. The lowest BCUT2D eigenvalue weighted by Crippen LogP contribution is -2.21. The van der Waals surface area contributed by atoms with Crippen LogP contribution in [0.1, 0.15) is 6.42 Å². The minimum atomic E-state index is -0.768. The molecule has 0 radical (unpaired) electrons. The zero-order chi connectivity index (χ0) is 17.5. The van der Waals surface area contributed by atoms with Gasteiger partial charge in [0.05, 0.1) is 11.9 Å². The molecule has 1 fully saturated rings. The van der Waals surface area contributed by atoms with Crippen molar-refractivity contribution in [1.29, 1.82) is 0 Å². The first-order valence-electron chi connectivity index (χ1n) is 8.62. The predicted octanol–water partition coefficient (Wildman–Crippen LogP) is 3.80. The number of alkyl halides is 1. The summed E-state index contributed by atoms with van der Waals surface area (Å²) in [5, 5.41) is 13.6. The van der Waals surface area contributed by atoms with Gasteiger partial charge in [0, 0.05) is 30.0 Å². The van der Waals surface area contributed by atoms with Crippen molar-refractivity contribution in [1.82, 2.24) is 20.2 Å². The lowest BCUT2D eigenvalue weighted by Gasteiger charge is -2.18. The SMILES string of the molecule is F[C@H]1CCN(c2nccc3cc(Nc4[nH]nc5ncccc45)ccc23)C1. The number of pyridine rings is 2. The van der Waals surface area contributed by atoms with Crippen LogP contribution in [0.2, 0.25) is 0 Å². The van der Waals surface area contributed by atoms with Crippen LogP contribution in [0.5, 0.6) is 0 Å². The number of nitrogens with one attached hydrogen (secondary N) is 2. The summed E-state index contributed by atoms with van der Waals surface area (Å²) >= 11 is 0. The number of rotatable bonds is 3. The molecule has 4 heterocycles. The molecule has 0 unspecified atom stereocenters. The number of aromatic amines is 1. The Kier molecular flexibility index (Phi) is 3.44. The van der Waals surface area contributed by atoms with E-state index in [4.69, 9.17) is 0 Å². The Bertz CT molecular complexity index is 1090. The molecule has 1 aromatic carbocycles. The Morgan fingerprint density at radius 3 is 2.96 bits per heavy atom. The number of hydrogen-bond donors (Lipinski definition) is 2. The zero-order valence-corrected chi connectivity index (χ0v) is 14.0. The minimum absolute atomic E-state index is 0.416. The first-order chi connectivity index (χ1) is 12.8. The van der Waals surface area contributed by atoms with Gasteiger partial charge in [0.15, 0.2) is 5.65 Å². The van der Waals surface area contributed by atoms with Gasteiger partial charge in [0.2, 0.25) is 0 Å². The summed E-state index contributed by atoms with van der Waals surface area (Å²) in [6.07, 6.45) is 3.30. The predicted molar refractivity (Wildman–Crippen MR) is 101 cm³/mol. The molecule has 2 N–H and O–H groups in total. The Morgan fingerprint density at radius 2 is 2.08 bits per heavy atom. The van der Waals surface area contributed by atoms with Crippen LogP contribution in [0.3, 0.4) is 0 Å². The van der Waals surface area contributed by atoms with Crippen LogP contribution in [-0.4, -0.2) is 39.4 Å². The molecule has 26 heavy (non-hydrogen) atoms. The second kappa shape index (κ2) is 5.94. The van der Waals surface area contributed by atoms with E-state index < -0.39 is 6.17 Å². The van der Waals surface area contributed by atoms with Gasteiger partial charge in [-0.1, -0.05) is 0 Å². The van der Waals surface area contributed by atoms with Crippen molar-refractivity contribution >= 4 is 39.1 Å². The number of nitrogens with zero attached hydrogens (tertiary/aromatic N) is 4. The molecular formula is C19H17FN6. The second-order valence-corrected chi connectivity index (χ2v) is 6.50. The minimum Gasteiger partial charge on any atom is -0.353 e. The average Bonchev–Trinajstić information content (AvgIpc) is 3.28. The highest BCUT2D eigenvalue weighted by molar-refractivity contribution is 5.96. The Balaban J connectivity index is 1.50. The standard InChI is InChI=1S/C19H17FN6/c20-13-6-9-26(11-13)19-15-4-3-14(10-12(15)5-8-22-19)23-18-16-2-1-7-21-17(16)24-25-18/h1-5,7-8,10,13H,6,9,11H2,(H2,21,23,24,25)/t13-/m0/s1. The molecule has 1 aliphatic rings. The van der Waals surface area contributed by atoms with Crippen molar-refractivity contribution in [3.63, 3.8) is 0 Å². The fourth-order valence-electron chi connectivity index (χ4n) is 3.49. The van der Waals surface area contributed by atoms with E-state index >= 15 is 0 Å². The molecule has 1 saturated heterocycles. The van der Waals surface area contributed by atoms with Crippen molar-refractivity contribution in [3.8, 4) is 0 Å². The van der Waals surface area contributed by atoms with Gasteiger partial charge < -0.3 is 10.2 Å². The number of fused-ring (bicyclic) bond motifs is 2. The van der Waals surface area contributed by atoms with Crippen LogP contribution in [0, 0.1) is 0 Å². The van der Waals surface area contributed by atoms with Crippen LogP contribution in [0.25, 0.3) is 21.8 Å². The van der Waals surface area contributed by atoms with Crippen molar-refractivity contribution in [2.24, 2.45) is 0 Å². The summed E-state index contributed by atoms with van der Waals surface area (Å²) in [5.41, 5.74) is 1.62. The highest BCUT2D eigenvalue weighted by Crippen LogP contribution is 2.31. The third kappa shape index (κ3) is 2.52. The van der Waals surface area contributed by atoms with E-state index in [0.717, 1.165) is 33.5 Å². The monoisotopic (exact) mass is 348 g/mol. The number of halogens is 1. The topological polar surface area (TPSA) is 69.7 Å². The summed E-state index contributed by atoms with van der Waals surface area (Å²) in [6, 6.07) is 11.9. The van der Waals surface area contributed by atoms with Crippen LogP contribution >= 0.6 is 0 Å². The maximum absolute atomic E-state index is 13.6. The van der Waals surface area contributed by atoms with Gasteiger partial charge in [-0.15, -0.1) is 0 Å². The van der Waals surface area contributed by atoms with Crippen LogP contribution < -0.4 is 10.2 Å². The number of anilines is 3. The summed E-state index contributed by atoms with van der Waals surface area (Å²) in [6.45, 7) is 1.12. The van der Waals surface area contributed by atoms with Crippen molar-refractivity contribution in [2.45, 2.75) is 12.6 Å². The smallest absolute Gasteiger partial charge is 0.183 e. The lowest BCUT2D eigenvalue weighted by atomic mass is 10.1. The Morgan fingerprint density at radius 1 is 1.12 bits per heavy atom. The van der Waals surface area contributed by atoms with Crippen molar-refractivity contribution in [3.05, 3.63) is 48.8 Å². The number of H-pyrrole nitrogens is 1. The zero-order valence-electron chi connectivity index (χ0n) is 14.0. The normalized spacial score (nSPS) is 17.3. The van der Waals surface area contributed by atoms with Gasteiger partial charge in [-0.05, 0) is 48.2 Å². The maximum Gasteiger partial charge on any atom is 0.183 e. The largest absolute Gasteiger partial charge is 0.353 e. The number of hydrogen-bond acceptors (Lipinski definition) is 5.